The van der Waals surface area contributed by atoms with E-state index in [9.17, 15) is 19.5 Å². The number of carbonyl (C=O) groups is 3. The molecule has 1 saturated heterocycles. The van der Waals surface area contributed by atoms with Crippen molar-refractivity contribution in [1.82, 2.24) is 15.5 Å². The molecule has 218 valence electrons. The van der Waals surface area contributed by atoms with Crippen LogP contribution in [0.1, 0.15) is 48.3 Å². The molecule has 1 saturated carbocycles. The molecule has 3 atom stereocenters. The largest absolute Gasteiger partial charge is 0.481 e. The molecule has 8 nitrogen and oxygen atoms in total. The SMILES string of the molecule is O=C(NC1(C(=O)NC[C@@H]2CCC[C@@H]2C(=O)O)CCN(Cc2ccccc2)C1)OCC1c2ccccc2-c2ccccc21. The molecule has 1 aliphatic heterocycles. The topological polar surface area (TPSA) is 108 Å². The molecule has 2 amide bonds. The summed E-state index contributed by atoms with van der Waals surface area (Å²) in [7, 11) is 0. The summed E-state index contributed by atoms with van der Waals surface area (Å²) >= 11 is 0. The van der Waals surface area contributed by atoms with E-state index in [1.54, 1.807) is 0 Å². The maximum absolute atomic E-state index is 13.8. The van der Waals surface area contributed by atoms with E-state index in [-0.39, 0.29) is 30.9 Å². The van der Waals surface area contributed by atoms with Crippen molar-refractivity contribution in [2.75, 3.05) is 26.2 Å². The number of amides is 2. The van der Waals surface area contributed by atoms with Gasteiger partial charge in [-0.3, -0.25) is 14.5 Å². The number of alkyl carbamates (subject to hydrolysis) is 1. The van der Waals surface area contributed by atoms with Gasteiger partial charge in [-0.2, -0.15) is 0 Å². The molecule has 3 aromatic carbocycles. The van der Waals surface area contributed by atoms with Crippen molar-refractivity contribution in [2.45, 2.75) is 43.7 Å². The molecule has 0 aromatic heterocycles. The van der Waals surface area contributed by atoms with E-state index in [4.69, 9.17) is 4.74 Å². The summed E-state index contributed by atoms with van der Waals surface area (Å²) in [5, 5.41) is 15.5. The number of ether oxygens (including phenoxy) is 1. The number of rotatable bonds is 9. The number of aliphatic carboxylic acids is 1. The molecule has 2 fully saturated rings. The third-order valence-corrected chi connectivity index (χ3v) is 9.22. The molecule has 0 bridgehead atoms. The lowest BCUT2D eigenvalue weighted by Crippen LogP contribution is -2.61. The van der Waals surface area contributed by atoms with Gasteiger partial charge < -0.3 is 20.5 Å². The highest BCUT2D eigenvalue weighted by molar-refractivity contribution is 5.91. The Morgan fingerprint density at radius 1 is 0.905 bits per heavy atom. The van der Waals surface area contributed by atoms with Crippen LogP contribution in [0.3, 0.4) is 0 Å². The van der Waals surface area contributed by atoms with E-state index < -0.39 is 23.5 Å². The number of carbonyl (C=O) groups excluding carboxylic acids is 2. The van der Waals surface area contributed by atoms with Crippen LogP contribution in [0.4, 0.5) is 4.79 Å². The minimum Gasteiger partial charge on any atom is -0.481 e. The standard InChI is InChI=1S/C34H37N3O5/c38-31(39)25-16-8-11-24(25)19-35-32(40)34(17-18-37(22-34)20-23-9-2-1-3-10-23)36-33(41)42-21-30-28-14-6-4-12-26(28)27-13-5-7-15-29(27)30/h1-7,9-10,12-15,24-25,30H,8,11,16-22H2,(H,35,40)(H,36,41)(H,38,39)/t24-,25-,34?/m0/s1. The Balaban J connectivity index is 1.15. The number of fused-ring (bicyclic) bond motifs is 3. The van der Waals surface area contributed by atoms with Gasteiger partial charge in [-0.05, 0) is 53.0 Å². The number of likely N-dealkylation sites (tertiary alicyclic amines) is 1. The highest BCUT2D eigenvalue weighted by Crippen LogP contribution is 2.44. The number of hydrogen-bond acceptors (Lipinski definition) is 5. The molecule has 8 heteroatoms. The van der Waals surface area contributed by atoms with Crippen molar-refractivity contribution in [2.24, 2.45) is 11.8 Å². The average Bonchev–Trinajstić information content (AvgIpc) is 3.72. The Morgan fingerprint density at radius 2 is 1.57 bits per heavy atom. The van der Waals surface area contributed by atoms with Crippen LogP contribution in [0.25, 0.3) is 11.1 Å². The predicted octanol–water partition coefficient (Wildman–Crippen LogP) is 4.79. The second kappa shape index (κ2) is 12.0. The summed E-state index contributed by atoms with van der Waals surface area (Å²) in [5.41, 5.74) is 4.50. The van der Waals surface area contributed by atoms with Gasteiger partial charge in [0.2, 0.25) is 5.91 Å². The van der Waals surface area contributed by atoms with E-state index in [0.29, 0.717) is 32.5 Å². The molecule has 1 unspecified atom stereocenters. The van der Waals surface area contributed by atoms with Gasteiger partial charge in [-0.15, -0.1) is 0 Å². The van der Waals surface area contributed by atoms with Crippen molar-refractivity contribution in [3.8, 4) is 11.1 Å². The molecule has 3 aliphatic rings. The van der Waals surface area contributed by atoms with E-state index in [0.717, 1.165) is 40.7 Å². The minimum atomic E-state index is -1.17. The second-order valence-electron chi connectivity index (χ2n) is 11.8. The highest BCUT2D eigenvalue weighted by Gasteiger charge is 2.47. The van der Waals surface area contributed by atoms with Crippen molar-refractivity contribution < 1.29 is 24.2 Å². The van der Waals surface area contributed by atoms with Gasteiger partial charge in [0.05, 0.1) is 5.92 Å². The molecule has 2 aliphatic carbocycles. The summed E-state index contributed by atoms with van der Waals surface area (Å²) in [6.07, 6.45) is 2.04. The molecule has 3 N–H and O–H groups in total. The van der Waals surface area contributed by atoms with E-state index in [1.807, 2.05) is 54.6 Å². The Morgan fingerprint density at radius 3 is 2.26 bits per heavy atom. The van der Waals surface area contributed by atoms with E-state index in [1.165, 1.54) is 0 Å². The van der Waals surface area contributed by atoms with Crippen LogP contribution in [-0.2, 0) is 20.9 Å². The van der Waals surface area contributed by atoms with Gasteiger partial charge in [0.25, 0.3) is 0 Å². The summed E-state index contributed by atoms with van der Waals surface area (Å²) < 4.78 is 5.83. The zero-order valence-electron chi connectivity index (χ0n) is 23.6. The Bertz CT molecular complexity index is 1410. The van der Waals surface area contributed by atoms with Crippen LogP contribution in [0.15, 0.2) is 78.9 Å². The molecule has 1 heterocycles. The monoisotopic (exact) mass is 567 g/mol. The van der Waals surface area contributed by atoms with Crippen LogP contribution in [0.2, 0.25) is 0 Å². The third-order valence-electron chi connectivity index (χ3n) is 9.22. The first-order chi connectivity index (χ1) is 20.4. The molecule has 3 aromatic rings. The molecule has 0 spiro atoms. The maximum atomic E-state index is 13.8. The lowest BCUT2D eigenvalue weighted by Gasteiger charge is -2.30. The Hall–Kier alpha value is -4.17. The summed E-state index contributed by atoms with van der Waals surface area (Å²) in [6.45, 7) is 2.07. The van der Waals surface area contributed by atoms with Gasteiger partial charge in [0, 0.05) is 32.1 Å². The lowest BCUT2D eigenvalue weighted by atomic mass is 9.94. The van der Waals surface area contributed by atoms with E-state index in [2.05, 4.69) is 39.8 Å². The third kappa shape index (κ3) is 5.63. The number of carboxylic acid groups (broad SMARTS) is 1. The van der Waals surface area contributed by atoms with Gasteiger partial charge >= 0.3 is 12.1 Å². The summed E-state index contributed by atoms with van der Waals surface area (Å²) in [6, 6.07) is 26.4. The van der Waals surface area contributed by atoms with Gasteiger partial charge in [0.1, 0.15) is 12.1 Å². The summed E-state index contributed by atoms with van der Waals surface area (Å²) in [4.78, 5) is 41.0. The fourth-order valence-corrected chi connectivity index (χ4v) is 7.04. The smallest absolute Gasteiger partial charge is 0.408 e. The first-order valence-electron chi connectivity index (χ1n) is 14.8. The number of nitrogens with zero attached hydrogens (tertiary/aromatic N) is 1. The Kier molecular flexibility index (Phi) is 7.98. The summed E-state index contributed by atoms with van der Waals surface area (Å²) in [5.74, 6) is -1.74. The normalized spacial score (nSPS) is 23.2. The van der Waals surface area contributed by atoms with Gasteiger partial charge in [-0.25, -0.2) is 4.79 Å². The minimum absolute atomic E-state index is 0.0820. The van der Waals surface area contributed by atoms with Crippen LogP contribution in [0, 0.1) is 11.8 Å². The number of hydrogen-bond donors (Lipinski definition) is 3. The molecular weight excluding hydrogens is 530 g/mol. The number of nitrogens with one attached hydrogen (secondary N) is 2. The van der Waals surface area contributed by atoms with Crippen molar-refractivity contribution in [1.29, 1.82) is 0 Å². The molecular formula is C34H37N3O5. The average molecular weight is 568 g/mol. The van der Waals surface area contributed by atoms with Crippen molar-refractivity contribution >= 4 is 18.0 Å². The second-order valence-corrected chi connectivity index (χ2v) is 11.8. The molecule has 0 radical (unpaired) electrons. The molecule has 6 rings (SSSR count). The predicted molar refractivity (Wildman–Crippen MR) is 159 cm³/mol. The quantitative estimate of drug-likeness (QED) is 0.343. The zero-order valence-corrected chi connectivity index (χ0v) is 23.6. The van der Waals surface area contributed by atoms with Crippen LogP contribution in [-0.4, -0.2) is 59.8 Å². The molecule has 42 heavy (non-hydrogen) atoms. The number of carboxylic acids is 1. The van der Waals surface area contributed by atoms with E-state index >= 15 is 0 Å². The lowest BCUT2D eigenvalue weighted by molar-refractivity contribution is -0.143. The van der Waals surface area contributed by atoms with Crippen LogP contribution in [0.5, 0.6) is 0 Å². The fourth-order valence-electron chi connectivity index (χ4n) is 7.04. The van der Waals surface area contributed by atoms with Gasteiger partial charge in [-0.1, -0.05) is 85.3 Å². The first-order valence-corrected chi connectivity index (χ1v) is 14.8. The Labute approximate surface area is 246 Å². The fraction of sp³-hybridized carbons (Fsp3) is 0.382. The van der Waals surface area contributed by atoms with Crippen molar-refractivity contribution in [3.05, 3.63) is 95.6 Å². The first kappa shape index (κ1) is 28.0. The van der Waals surface area contributed by atoms with Gasteiger partial charge in [0.15, 0.2) is 0 Å². The highest BCUT2D eigenvalue weighted by atomic mass is 16.5. The van der Waals surface area contributed by atoms with Crippen molar-refractivity contribution in [3.63, 3.8) is 0 Å². The number of benzene rings is 3. The zero-order chi connectivity index (χ0) is 29.1. The van der Waals surface area contributed by atoms with Crippen LogP contribution >= 0.6 is 0 Å². The van der Waals surface area contributed by atoms with Crippen LogP contribution < -0.4 is 10.6 Å². The maximum Gasteiger partial charge on any atom is 0.408 e.